The molecular formula is C12H18ClNO2. The van der Waals surface area contributed by atoms with E-state index < -0.39 is 11.6 Å². The summed E-state index contributed by atoms with van der Waals surface area (Å²) in [5.74, 6) is 0.680. The van der Waals surface area contributed by atoms with Crippen molar-refractivity contribution in [2.75, 3.05) is 7.11 Å². The van der Waals surface area contributed by atoms with Gasteiger partial charge in [-0.1, -0.05) is 11.6 Å². The fourth-order valence-electron chi connectivity index (χ4n) is 1.65. The number of nitrogens with two attached hydrogens (primary N) is 1. The molecule has 1 aromatic carbocycles. The monoisotopic (exact) mass is 243 g/mol. The van der Waals surface area contributed by atoms with E-state index in [1.54, 1.807) is 33.1 Å². The van der Waals surface area contributed by atoms with Crippen LogP contribution in [0.1, 0.15) is 31.0 Å². The van der Waals surface area contributed by atoms with E-state index in [0.29, 0.717) is 10.8 Å². The number of hydrogen-bond donors (Lipinski definition) is 2. The fourth-order valence-corrected chi connectivity index (χ4v) is 1.93. The molecule has 90 valence electrons. The Bertz CT molecular complexity index is 385. The second-order valence-electron chi connectivity index (χ2n) is 4.48. The van der Waals surface area contributed by atoms with Crippen LogP contribution in [-0.2, 0) is 0 Å². The van der Waals surface area contributed by atoms with Crippen molar-refractivity contribution in [2.45, 2.75) is 32.4 Å². The predicted octanol–water partition coefficient (Wildman–Crippen LogP) is 2.43. The summed E-state index contributed by atoms with van der Waals surface area (Å²) < 4.78 is 5.30. The molecule has 1 rings (SSSR count). The topological polar surface area (TPSA) is 55.5 Å². The molecule has 16 heavy (non-hydrogen) atoms. The van der Waals surface area contributed by atoms with Gasteiger partial charge in [0.2, 0.25) is 0 Å². The van der Waals surface area contributed by atoms with Crippen molar-refractivity contribution in [1.82, 2.24) is 0 Å². The Kier molecular flexibility index (Phi) is 3.84. The molecule has 0 radical (unpaired) electrons. The Labute approximate surface area is 101 Å². The lowest BCUT2D eigenvalue weighted by molar-refractivity contribution is 0.0508. The molecule has 0 saturated carbocycles. The van der Waals surface area contributed by atoms with Gasteiger partial charge in [0.1, 0.15) is 5.75 Å². The van der Waals surface area contributed by atoms with E-state index in [4.69, 9.17) is 22.1 Å². The molecule has 1 atom stereocenters. The molecule has 0 aliphatic heterocycles. The highest BCUT2D eigenvalue weighted by molar-refractivity contribution is 6.30. The molecule has 0 fully saturated rings. The number of rotatable bonds is 3. The van der Waals surface area contributed by atoms with Crippen LogP contribution in [0.5, 0.6) is 5.75 Å². The normalized spacial score (nSPS) is 13.7. The van der Waals surface area contributed by atoms with Gasteiger partial charge < -0.3 is 15.6 Å². The number of aryl methyl sites for hydroxylation is 1. The lowest BCUT2D eigenvalue weighted by Crippen LogP contribution is -2.35. The first-order valence-corrected chi connectivity index (χ1v) is 5.47. The Morgan fingerprint density at radius 2 is 2.00 bits per heavy atom. The Balaban J connectivity index is 3.31. The van der Waals surface area contributed by atoms with Gasteiger partial charge in [0.05, 0.1) is 18.8 Å². The predicted molar refractivity (Wildman–Crippen MR) is 66.0 cm³/mol. The van der Waals surface area contributed by atoms with Crippen LogP contribution < -0.4 is 10.5 Å². The van der Waals surface area contributed by atoms with Gasteiger partial charge in [-0.3, -0.25) is 0 Å². The van der Waals surface area contributed by atoms with Gasteiger partial charge in [0, 0.05) is 10.6 Å². The van der Waals surface area contributed by atoms with Crippen LogP contribution in [0, 0.1) is 6.92 Å². The third-order valence-electron chi connectivity index (χ3n) is 2.57. The van der Waals surface area contributed by atoms with Crippen molar-refractivity contribution in [3.05, 3.63) is 28.3 Å². The highest BCUT2D eigenvalue weighted by atomic mass is 35.5. The summed E-state index contributed by atoms with van der Waals surface area (Å²) in [6.07, 6.45) is 0. The van der Waals surface area contributed by atoms with Crippen molar-refractivity contribution >= 4 is 11.6 Å². The summed E-state index contributed by atoms with van der Waals surface area (Å²) in [5, 5.41) is 10.5. The largest absolute Gasteiger partial charge is 0.496 e. The van der Waals surface area contributed by atoms with E-state index in [-0.39, 0.29) is 0 Å². The zero-order valence-electron chi connectivity index (χ0n) is 10.0. The van der Waals surface area contributed by atoms with Gasteiger partial charge in [-0.05, 0) is 38.5 Å². The zero-order chi connectivity index (χ0) is 12.5. The molecule has 0 saturated heterocycles. The summed E-state index contributed by atoms with van der Waals surface area (Å²) in [4.78, 5) is 0. The third-order valence-corrected chi connectivity index (χ3v) is 2.79. The van der Waals surface area contributed by atoms with Gasteiger partial charge in [-0.2, -0.15) is 0 Å². The van der Waals surface area contributed by atoms with Crippen LogP contribution in [0.4, 0.5) is 0 Å². The third kappa shape index (κ3) is 2.67. The maximum atomic E-state index is 9.92. The molecule has 0 amide bonds. The molecule has 0 aliphatic rings. The lowest BCUT2D eigenvalue weighted by atomic mass is 9.91. The molecule has 0 bridgehead atoms. The van der Waals surface area contributed by atoms with E-state index in [1.165, 1.54) is 0 Å². The van der Waals surface area contributed by atoms with Gasteiger partial charge in [-0.15, -0.1) is 0 Å². The van der Waals surface area contributed by atoms with Crippen molar-refractivity contribution in [3.8, 4) is 5.75 Å². The quantitative estimate of drug-likeness (QED) is 0.857. The minimum absolute atomic E-state index is 0.542. The number of aliphatic hydroxyl groups is 1. The summed E-state index contributed by atoms with van der Waals surface area (Å²) in [7, 11) is 1.58. The van der Waals surface area contributed by atoms with Crippen LogP contribution in [0.2, 0.25) is 5.02 Å². The molecular weight excluding hydrogens is 226 g/mol. The van der Waals surface area contributed by atoms with Crippen LogP contribution in [0.15, 0.2) is 12.1 Å². The molecule has 0 aliphatic carbocycles. The van der Waals surface area contributed by atoms with Gasteiger partial charge >= 0.3 is 0 Å². The Morgan fingerprint density at radius 3 is 2.44 bits per heavy atom. The van der Waals surface area contributed by atoms with E-state index >= 15 is 0 Å². The first-order valence-electron chi connectivity index (χ1n) is 5.09. The smallest absolute Gasteiger partial charge is 0.126 e. The van der Waals surface area contributed by atoms with E-state index in [9.17, 15) is 5.11 Å². The summed E-state index contributed by atoms with van der Waals surface area (Å²) in [6.45, 7) is 5.21. The second-order valence-corrected chi connectivity index (χ2v) is 4.91. The standard InChI is InChI=1S/C12H18ClNO2/c1-7-5-8(13)6-9(10(7)16-4)11(14)12(2,3)15/h5-6,11,15H,14H2,1-4H3. The lowest BCUT2D eigenvalue weighted by Gasteiger charge is -2.28. The van der Waals surface area contributed by atoms with Gasteiger partial charge in [-0.25, -0.2) is 0 Å². The number of benzene rings is 1. The number of hydrogen-bond acceptors (Lipinski definition) is 3. The van der Waals surface area contributed by atoms with Crippen LogP contribution in [0.3, 0.4) is 0 Å². The van der Waals surface area contributed by atoms with Crippen LogP contribution in [0.25, 0.3) is 0 Å². The second kappa shape index (κ2) is 4.62. The maximum absolute atomic E-state index is 9.92. The molecule has 0 heterocycles. The fraction of sp³-hybridized carbons (Fsp3) is 0.500. The molecule has 3 nitrogen and oxygen atoms in total. The average Bonchev–Trinajstić information content (AvgIpc) is 2.14. The highest BCUT2D eigenvalue weighted by Gasteiger charge is 2.28. The molecule has 1 unspecified atom stereocenters. The van der Waals surface area contributed by atoms with Gasteiger partial charge in [0.15, 0.2) is 0 Å². The van der Waals surface area contributed by atoms with E-state index in [2.05, 4.69) is 0 Å². The van der Waals surface area contributed by atoms with Crippen molar-refractivity contribution in [1.29, 1.82) is 0 Å². The average molecular weight is 244 g/mol. The SMILES string of the molecule is COc1c(C)cc(Cl)cc1C(N)C(C)(C)O. The maximum Gasteiger partial charge on any atom is 0.126 e. The minimum atomic E-state index is -1.02. The Morgan fingerprint density at radius 1 is 1.44 bits per heavy atom. The summed E-state index contributed by atoms with van der Waals surface area (Å²) in [5.41, 5.74) is 6.60. The van der Waals surface area contributed by atoms with E-state index in [1.807, 2.05) is 6.92 Å². The molecule has 0 spiro atoms. The van der Waals surface area contributed by atoms with Crippen LogP contribution in [-0.4, -0.2) is 17.8 Å². The summed E-state index contributed by atoms with van der Waals surface area (Å²) >= 11 is 5.98. The number of ether oxygens (including phenoxy) is 1. The number of halogens is 1. The van der Waals surface area contributed by atoms with Crippen molar-refractivity contribution in [3.63, 3.8) is 0 Å². The van der Waals surface area contributed by atoms with Crippen LogP contribution >= 0.6 is 11.6 Å². The molecule has 3 N–H and O–H groups in total. The van der Waals surface area contributed by atoms with E-state index in [0.717, 1.165) is 11.1 Å². The zero-order valence-corrected chi connectivity index (χ0v) is 10.8. The molecule has 1 aromatic rings. The summed E-state index contributed by atoms with van der Waals surface area (Å²) in [6, 6.07) is 3.00. The molecule has 4 heteroatoms. The Hall–Kier alpha value is -0.770. The van der Waals surface area contributed by atoms with Crippen molar-refractivity contribution < 1.29 is 9.84 Å². The first kappa shape index (κ1) is 13.3. The van der Waals surface area contributed by atoms with Crippen molar-refractivity contribution in [2.24, 2.45) is 5.73 Å². The first-order chi connectivity index (χ1) is 7.27. The highest BCUT2D eigenvalue weighted by Crippen LogP contribution is 2.35. The minimum Gasteiger partial charge on any atom is -0.496 e. The van der Waals surface area contributed by atoms with Gasteiger partial charge in [0.25, 0.3) is 0 Å². The number of methoxy groups -OCH3 is 1. The molecule has 0 aromatic heterocycles.